The van der Waals surface area contributed by atoms with Gasteiger partial charge in [0.25, 0.3) is 5.91 Å². The van der Waals surface area contributed by atoms with Gasteiger partial charge in [-0.25, -0.2) is 4.79 Å². The highest BCUT2D eigenvalue weighted by Crippen LogP contribution is 2.39. The predicted octanol–water partition coefficient (Wildman–Crippen LogP) is 1.53. The lowest BCUT2D eigenvalue weighted by Crippen LogP contribution is -2.42. The summed E-state index contributed by atoms with van der Waals surface area (Å²) in [7, 11) is 0. The lowest BCUT2D eigenvalue weighted by atomic mass is 9.86. The number of nitrogens with one attached hydrogen (secondary N) is 1. The van der Waals surface area contributed by atoms with E-state index in [9.17, 15) is 14.7 Å². The number of nitrogens with zero attached hydrogens (tertiary/aromatic N) is 2. The predicted molar refractivity (Wildman–Crippen MR) is 80.4 cm³/mol. The summed E-state index contributed by atoms with van der Waals surface area (Å²) in [6, 6.07) is 3.12. The van der Waals surface area contributed by atoms with E-state index in [2.05, 4.69) is 10.3 Å². The van der Waals surface area contributed by atoms with Gasteiger partial charge in [0.05, 0.1) is 6.61 Å². The van der Waals surface area contributed by atoms with Gasteiger partial charge in [-0.3, -0.25) is 14.7 Å². The van der Waals surface area contributed by atoms with Crippen molar-refractivity contribution in [3.8, 4) is 0 Å². The van der Waals surface area contributed by atoms with Gasteiger partial charge in [-0.2, -0.15) is 0 Å². The highest BCUT2D eigenvalue weighted by Gasteiger charge is 2.42. The van der Waals surface area contributed by atoms with Crippen molar-refractivity contribution >= 4 is 18.0 Å². The fourth-order valence-electron chi connectivity index (χ4n) is 3.17. The first-order valence-corrected chi connectivity index (χ1v) is 7.49. The third kappa shape index (κ3) is 2.74. The van der Waals surface area contributed by atoms with Crippen LogP contribution in [0.4, 0.5) is 4.79 Å². The van der Waals surface area contributed by atoms with Crippen molar-refractivity contribution in [2.75, 3.05) is 13.2 Å². The van der Waals surface area contributed by atoms with Crippen molar-refractivity contribution < 1.29 is 14.7 Å². The lowest BCUT2D eigenvalue weighted by molar-refractivity contribution is -0.124. The molecule has 2 N–H and O–H groups in total. The molecule has 22 heavy (non-hydrogen) atoms. The molecule has 1 aromatic rings. The molecule has 0 aromatic carbocycles. The van der Waals surface area contributed by atoms with Crippen molar-refractivity contribution in [1.82, 2.24) is 15.2 Å². The monoisotopic (exact) mass is 301 g/mol. The molecule has 2 aliphatic rings. The molecule has 1 saturated carbocycles. The second-order valence-electron chi connectivity index (χ2n) is 6.03. The molecule has 116 valence electrons. The van der Waals surface area contributed by atoms with Crippen LogP contribution >= 0.6 is 0 Å². The minimum absolute atomic E-state index is 0.00740. The minimum Gasteiger partial charge on any atom is -0.396 e. The van der Waals surface area contributed by atoms with Crippen LogP contribution in [0.3, 0.4) is 0 Å². The van der Waals surface area contributed by atoms with E-state index in [-0.39, 0.29) is 30.2 Å². The Morgan fingerprint density at radius 3 is 2.59 bits per heavy atom. The Morgan fingerprint density at radius 1 is 1.27 bits per heavy atom. The number of carbonyl (C=O) groups is 2. The first-order valence-electron chi connectivity index (χ1n) is 7.49. The molecule has 1 aliphatic carbocycles. The molecule has 1 aromatic heterocycles. The number of carbonyl (C=O) groups excluding carboxylic acids is 2. The molecule has 0 unspecified atom stereocenters. The molecule has 1 saturated heterocycles. The molecule has 3 rings (SSSR count). The lowest BCUT2D eigenvalue weighted by Gasteiger charge is -2.29. The summed E-state index contributed by atoms with van der Waals surface area (Å²) in [6.45, 7) is 0.287. The number of urea groups is 1. The van der Waals surface area contributed by atoms with Crippen LogP contribution in [0.2, 0.25) is 0 Å². The zero-order valence-corrected chi connectivity index (χ0v) is 12.3. The maximum absolute atomic E-state index is 12.4. The van der Waals surface area contributed by atoms with Gasteiger partial charge >= 0.3 is 6.03 Å². The zero-order valence-electron chi connectivity index (χ0n) is 12.3. The van der Waals surface area contributed by atoms with E-state index in [4.69, 9.17) is 0 Å². The molecule has 3 amide bonds. The van der Waals surface area contributed by atoms with Crippen molar-refractivity contribution in [3.63, 3.8) is 0 Å². The fraction of sp³-hybridized carbons (Fsp3) is 0.438. The zero-order chi connectivity index (χ0) is 15.6. The molecule has 2 heterocycles. The van der Waals surface area contributed by atoms with E-state index in [0.29, 0.717) is 0 Å². The van der Waals surface area contributed by atoms with Crippen LogP contribution in [0.1, 0.15) is 31.2 Å². The third-order valence-corrected chi connectivity index (χ3v) is 4.47. The van der Waals surface area contributed by atoms with Crippen molar-refractivity contribution in [2.24, 2.45) is 5.41 Å². The Morgan fingerprint density at radius 2 is 1.95 bits per heavy atom. The SMILES string of the molecule is O=C1N/C(=C\c2ccncc2)C(=O)N1CC1(CO)CCCC1. The maximum Gasteiger partial charge on any atom is 0.329 e. The Kier molecular flexibility index (Phi) is 3.94. The molecule has 6 nitrogen and oxygen atoms in total. The normalized spacial score (nSPS) is 22.4. The largest absolute Gasteiger partial charge is 0.396 e. The standard InChI is InChI=1S/C16H19N3O3/c20-11-16(5-1-2-6-16)10-19-14(21)13(18-15(19)22)9-12-3-7-17-8-4-12/h3-4,7-9,20H,1-2,5-6,10-11H2,(H,18,22)/b13-9-. The van der Waals surface area contributed by atoms with Gasteiger partial charge in [-0.15, -0.1) is 0 Å². The summed E-state index contributed by atoms with van der Waals surface area (Å²) in [4.78, 5) is 29.7. The smallest absolute Gasteiger partial charge is 0.329 e. The van der Waals surface area contributed by atoms with Crippen LogP contribution in [0.5, 0.6) is 0 Å². The summed E-state index contributed by atoms with van der Waals surface area (Å²) in [6.07, 6.45) is 8.67. The van der Waals surface area contributed by atoms with E-state index in [0.717, 1.165) is 31.2 Å². The number of amides is 3. The van der Waals surface area contributed by atoms with Crippen molar-refractivity contribution in [1.29, 1.82) is 0 Å². The van der Waals surface area contributed by atoms with Gasteiger partial charge in [0.15, 0.2) is 0 Å². The molecule has 0 atom stereocenters. The second kappa shape index (κ2) is 5.88. The van der Waals surface area contributed by atoms with Gasteiger partial charge in [0.1, 0.15) is 5.70 Å². The molecule has 0 bridgehead atoms. The maximum atomic E-state index is 12.4. The quantitative estimate of drug-likeness (QED) is 0.652. The summed E-state index contributed by atoms with van der Waals surface area (Å²) >= 11 is 0. The molecule has 0 radical (unpaired) electrons. The summed E-state index contributed by atoms with van der Waals surface area (Å²) in [5.41, 5.74) is 0.736. The Hall–Kier alpha value is -2.21. The van der Waals surface area contributed by atoms with Crippen molar-refractivity contribution in [3.05, 3.63) is 35.8 Å². The van der Waals surface area contributed by atoms with Gasteiger partial charge < -0.3 is 10.4 Å². The molecule has 0 spiro atoms. The Labute approximate surface area is 128 Å². The number of rotatable bonds is 4. The van der Waals surface area contributed by atoms with Gasteiger partial charge in [-0.05, 0) is 36.6 Å². The minimum atomic E-state index is -0.412. The number of hydrogen-bond acceptors (Lipinski definition) is 4. The first kappa shape index (κ1) is 14.7. The van der Waals surface area contributed by atoms with Crippen LogP contribution < -0.4 is 5.32 Å². The number of pyridine rings is 1. The third-order valence-electron chi connectivity index (χ3n) is 4.47. The molecule has 1 aliphatic heterocycles. The van der Waals surface area contributed by atoms with E-state index < -0.39 is 6.03 Å². The van der Waals surface area contributed by atoms with Gasteiger partial charge in [0.2, 0.25) is 0 Å². The second-order valence-corrected chi connectivity index (χ2v) is 6.03. The number of aliphatic hydroxyl groups excluding tert-OH is 1. The van der Waals surface area contributed by atoms with Crippen LogP contribution in [-0.2, 0) is 4.79 Å². The van der Waals surface area contributed by atoms with Crippen LogP contribution in [0.25, 0.3) is 6.08 Å². The summed E-state index contributed by atoms with van der Waals surface area (Å²) in [5, 5.41) is 12.3. The van der Waals surface area contributed by atoms with E-state index in [1.54, 1.807) is 30.6 Å². The number of imide groups is 1. The van der Waals surface area contributed by atoms with E-state index in [1.165, 1.54) is 4.90 Å². The molecule has 6 heteroatoms. The van der Waals surface area contributed by atoms with E-state index in [1.807, 2.05) is 0 Å². The van der Waals surface area contributed by atoms with Crippen LogP contribution in [0, 0.1) is 5.41 Å². The first-order chi connectivity index (χ1) is 10.6. The number of aromatic nitrogens is 1. The van der Waals surface area contributed by atoms with Crippen molar-refractivity contribution in [2.45, 2.75) is 25.7 Å². The Balaban J connectivity index is 1.78. The average molecular weight is 301 g/mol. The highest BCUT2D eigenvalue weighted by molar-refractivity contribution is 6.14. The topological polar surface area (TPSA) is 82.5 Å². The van der Waals surface area contributed by atoms with Crippen LogP contribution in [-0.4, -0.2) is 40.1 Å². The fourth-order valence-corrected chi connectivity index (χ4v) is 3.17. The van der Waals surface area contributed by atoms with Gasteiger partial charge in [-0.1, -0.05) is 12.8 Å². The number of aliphatic hydroxyl groups is 1. The van der Waals surface area contributed by atoms with E-state index >= 15 is 0 Å². The van der Waals surface area contributed by atoms with Gasteiger partial charge in [0, 0.05) is 24.4 Å². The summed E-state index contributed by atoms with van der Waals surface area (Å²) < 4.78 is 0. The summed E-state index contributed by atoms with van der Waals surface area (Å²) in [5.74, 6) is -0.332. The molecular weight excluding hydrogens is 282 g/mol. The average Bonchev–Trinajstić information content (AvgIpc) is 3.10. The molecular formula is C16H19N3O3. The highest BCUT2D eigenvalue weighted by atomic mass is 16.3. The van der Waals surface area contributed by atoms with Crippen LogP contribution in [0.15, 0.2) is 30.2 Å². The Bertz CT molecular complexity index is 606. The molecule has 2 fully saturated rings. The number of hydrogen-bond donors (Lipinski definition) is 2.